The van der Waals surface area contributed by atoms with Crippen LogP contribution in [-0.2, 0) is 0 Å². The maximum Gasteiger partial charge on any atom is 0.255 e. The molecule has 0 bridgehead atoms. The highest BCUT2D eigenvalue weighted by Crippen LogP contribution is 2.30. The van der Waals surface area contributed by atoms with Gasteiger partial charge in [-0.3, -0.25) is 4.79 Å². The van der Waals surface area contributed by atoms with Crippen molar-refractivity contribution in [1.29, 1.82) is 0 Å². The van der Waals surface area contributed by atoms with Crippen LogP contribution in [0.1, 0.15) is 36.5 Å². The first-order chi connectivity index (χ1) is 8.58. The average Bonchev–Trinajstić information content (AvgIpc) is 2.75. The van der Waals surface area contributed by atoms with Crippen molar-refractivity contribution >= 4 is 5.91 Å². The number of hydrogen-bond acceptors (Lipinski definition) is 3. The average molecular weight is 249 g/mol. The zero-order valence-corrected chi connectivity index (χ0v) is 10.5. The molecule has 4 heteroatoms. The van der Waals surface area contributed by atoms with Crippen LogP contribution >= 0.6 is 0 Å². The molecule has 2 rings (SSSR count). The van der Waals surface area contributed by atoms with Gasteiger partial charge in [-0.25, -0.2) is 0 Å². The second-order valence-corrected chi connectivity index (χ2v) is 5.08. The number of carbonyl (C=O) groups is 1. The van der Waals surface area contributed by atoms with Crippen molar-refractivity contribution in [3.8, 4) is 11.5 Å². The highest BCUT2D eigenvalue weighted by atomic mass is 16.3. The molecule has 18 heavy (non-hydrogen) atoms. The van der Waals surface area contributed by atoms with Crippen molar-refractivity contribution in [2.24, 2.45) is 11.8 Å². The van der Waals surface area contributed by atoms with E-state index in [9.17, 15) is 15.0 Å². The molecule has 0 aliphatic heterocycles. The highest BCUT2D eigenvalue weighted by molar-refractivity contribution is 5.97. The molecule has 1 aromatic rings. The molecule has 1 fully saturated rings. The molecule has 1 aromatic carbocycles. The SMILES string of the molecule is CC1CCCC1CNC(=O)c1cc(O)ccc1O. The van der Waals surface area contributed by atoms with E-state index in [1.165, 1.54) is 31.0 Å². The lowest BCUT2D eigenvalue weighted by molar-refractivity contribution is 0.0941. The lowest BCUT2D eigenvalue weighted by atomic mass is 9.98. The first-order valence-electron chi connectivity index (χ1n) is 6.38. The van der Waals surface area contributed by atoms with Crippen LogP contribution in [0.25, 0.3) is 0 Å². The van der Waals surface area contributed by atoms with Crippen LogP contribution in [0.3, 0.4) is 0 Å². The van der Waals surface area contributed by atoms with Gasteiger partial charge in [-0.2, -0.15) is 0 Å². The molecule has 0 radical (unpaired) electrons. The third kappa shape index (κ3) is 2.75. The molecule has 1 aliphatic carbocycles. The normalized spacial score (nSPS) is 22.9. The number of phenolic OH excluding ortho intramolecular Hbond substituents is 2. The number of hydrogen-bond donors (Lipinski definition) is 3. The Morgan fingerprint density at radius 3 is 2.83 bits per heavy atom. The zero-order valence-electron chi connectivity index (χ0n) is 10.5. The first kappa shape index (κ1) is 12.7. The van der Waals surface area contributed by atoms with Gasteiger partial charge in [0.2, 0.25) is 0 Å². The van der Waals surface area contributed by atoms with Gasteiger partial charge < -0.3 is 15.5 Å². The van der Waals surface area contributed by atoms with Crippen LogP contribution in [0.15, 0.2) is 18.2 Å². The van der Waals surface area contributed by atoms with Crippen molar-refractivity contribution in [1.82, 2.24) is 5.32 Å². The Bertz CT molecular complexity index is 445. The Hall–Kier alpha value is -1.71. The van der Waals surface area contributed by atoms with E-state index in [2.05, 4.69) is 12.2 Å². The van der Waals surface area contributed by atoms with Gasteiger partial charge in [0.25, 0.3) is 5.91 Å². The predicted molar refractivity (Wildman–Crippen MR) is 68.6 cm³/mol. The summed E-state index contributed by atoms with van der Waals surface area (Å²) in [6.07, 6.45) is 3.59. The minimum absolute atomic E-state index is 0.0211. The Labute approximate surface area is 107 Å². The monoisotopic (exact) mass is 249 g/mol. The lowest BCUT2D eigenvalue weighted by Gasteiger charge is -2.16. The molecule has 0 spiro atoms. The van der Waals surface area contributed by atoms with Crippen LogP contribution in [-0.4, -0.2) is 22.7 Å². The lowest BCUT2D eigenvalue weighted by Crippen LogP contribution is -2.30. The predicted octanol–water partition coefficient (Wildman–Crippen LogP) is 2.26. The first-order valence-corrected chi connectivity index (χ1v) is 6.38. The van der Waals surface area contributed by atoms with E-state index in [1.807, 2.05) is 0 Å². The van der Waals surface area contributed by atoms with Crippen LogP contribution in [0, 0.1) is 11.8 Å². The van der Waals surface area contributed by atoms with Gasteiger partial charge in [-0.15, -0.1) is 0 Å². The fourth-order valence-electron chi connectivity index (χ4n) is 2.55. The Morgan fingerprint density at radius 1 is 1.39 bits per heavy atom. The summed E-state index contributed by atoms with van der Waals surface area (Å²) in [5.41, 5.74) is 0.126. The van der Waals surface area contributed by atoms with Gasteiger partial charge >= 0.3 is 0 Å². The van der Waals surface area contributed by atoms with Gasteiger partial charge in [0, 0.05) is 6.54 Å². The number of nitrogens with one attached hydrogen (secondary N) is 1. The second-order valence-electron chi connectivity index (χ2n) is 5.08. The molecular formula is C14H19NO3. The van der Waals surface area contributed by atoms with E-state index in [-0.39, 0.29) is 23.0 Å². The highest BCUT2D eigenvalue weighted by Gasteiger charge is 2.24. The standard InChI is InChI=1S/C14H19NO3/c1-9-3-2-4-10(9)8-15-14(18)12-7-11(16)5-6-13(12)17/h5-7,9-10,16-17H,2-4,8H2,1H3,(H,15,18). The van der Waals surface area contributed by atoms with Crippen molar-refractivity contribution in [2.75, 3.05) is 6.54 Å². The number of rotatable bonds is 3. The summed E-state index contributed by atoms with van der Waals surface area (Å²) in [7, 11) is 0. The molecule has 3 N–H and O–H groups in total. The van der Waals surface area contributed by atoms with E-state index in [1.54, 1.807) is 0 Å². The summed E-state index contributed by atoms with van der Waals surface area (Å²) >= 11 is 0. The van der Waals surface area contributed by atoms with E-state index < -0.39 is 0 Å². The van der Waals surface area contributed by atoms with Crippen molar-refractivity contribution in [3.63, 3.8) is 0 Å². The van der Waals surface area contributed by atoms with E-state index >= 15 is 0 Å². The van der Waals surface area contributed by atoms with Gasteiger partial charge in [0.05, 0.1) is 5.56 Å². The van der Waals surface area contributed by atoms with Gasteiger partial charge in [0.15, 0.2) is 0 Å². The summed E-state index contributed by atoms with van der Waals surface area (Å²) in [6.45, 7) is 2.84. The number of carbonyl (C=O) groups excluding carboxylic acids is 1. The van der Waals surface area contributed by atoms with E-state index in [4.69, 9.17) is 0 Å². The summed E-state index contributed by atoms with van der Waals surface area (Å²) in [6, 6.07) is 3.95. The summed E-state index contributed by atoms with van der Waals surface area (Å²) in [5.74, 6) is 0.705. The molecule has 2 atom stereocenters. The molecule has 0 aromatic heterocycles. The van der Waals surface area contributed by atoms with Crippen molar-refractivity contribution in [2.45, 2.75) is 26.2 Å². The molecule has 0 saturated heterocycles. The van der Waals surface area contributed by atoms with Crippen LogP contribution in [0.2, 0.25) is 0 Å². The van der Waals surface area contributed by atoms with Crippen molar-refractivity contribution in [3.05, 3.63) is 23.8 Å². The van der Waals surface area contributed by atoms with Crippen LogP contribution in [0.5, 0.6) is 11.5 Å². The molecule has 1 aliphatic rings. The smallest absolute Gasteiger partial charge is 0.255 e. The number of amides is 1. The van der Waals surface area contributed by atoms with Gasteiger partial charge in [0.1, 0.15) is 11.5 Å². The molecular weight excluding hydrogens is 230 g/mol. The van der Waals surface area contributed by atoms with E-state index in [0.29, 0.717) is 18.4 Å². The van der Waals surface area contributed by atoms with Crippen LogP contribution < -0.4 is 5.32 Å². The largest absolute Gasteiger partial charge is 0.508 e. The maximum absolute atomic E-state index is 11.9. The van der Waals surface area contributed by atoms with Crippen molar-refractivity contribution < 1.29 is 15.0 Å². The topological polar surface area (TPSA) is 69.6 Å². The Morgan fingerprint density at radius 2 is 2.17 bits per heavy atom. The van der Waals surface area contributed by atoms with Gasteiger partial charge in [-0.1, -0.05) is 19.8 Å². The van der Waals surface area contributed by atoms with E-state index in [0.717, 1.165) is 6.42 Å². The molecule has 4 nitrogen and oxygen atoms in total. The summed E-state index contributed by atoms with van der Waals surface area (Å²) in [4.78, 5) is 11.9. The fourth-order valence-corrected chi connectivity index (χ4v) is 2.55. The number of benzene rings is 1. The molecule has 1 amide bonds. The Kier molecular flexibility index (Phi) is 3.75. The number of phenols is 2. The molecule has 2 unspecified atom stereocenters. The zero-order chi connectivity index (χ0) is 13.1. The molecule has 0 heterocycles. The number of aromatic hydroxyl groups is 2. The van der Waals surface area contributed by atoms with Crippen LogP contribution in [0.4, 0.5) is 0 Å². The van der Waals surface area contributed by atoms with Gasteiger partial charge in [-0.05, 0) is 36.5 Å². The maximum atomic E-state index is 11.9. The summed E-state index contributed by atoms with van der Waals surface area (Å²) in [5, 5.41) is 21.7. The summed E-state index contributed by atoms with van der Waals surface area (Å²) < 4.78 is 0. The minimum atomic E-state index is -0.331. The fraction of sp³-hybridized carbons (Fsp3) is 0.500. The molecule has 1 saturated carbocycles. The second kappa shape index (κ2) is 5.29. The molecule has 98 valence electrons. The minimum Gasteiger partial charge on any atom is -0.508 e. The third-order valence-corrected chi connectivity index (χ3v) is 3.79. The third-order valence-electron chi connectivity index (χ3n) is 3.79. The quantitative estimate of drug-likeness (QED) is 0.720. The Balaban J connectivity index is 1.97.